The van der Waals surface area contributed by atoms with E-state index in [1.165, 1.54) is 18.5 Å². The fourth-order valence-corrected chi connectivity index (χ4v) is 3.88. The van der Waals surface area contributed by atoms with Gasteiger partial charge in [0.25, 0.3) is 5.56 Å². The number of aromatic amines is 1. The van der Waals surface area contributed by atoms with Gasteiger partial charge in [0.2, 0.25) is 0 Å². The SMILES string of the molecule is O=c1nc2n(-c3ccc(N4CCCC4)cc3)c3ccccc3cc-2c(=O)[nH]1. The Bertz CT molecular complexity index is 1220. The van der Waals surface area contributed by atoms with Crippen LogP contribution in [0, 0.1) is 0 Å². The van der Waals surface area contributed by atoms with Gasteiger partial charge in [0.1, 0.15) is 0 Å². The minimum Gasteiger partial charge on any atom is -0.372 e. The molecule has 3 aliphatic heterocycles. The molecule has 0 spiro atoms. The van der Waals surface area contributed by atoms with Crippen molar-refractivity contribution in [2.75, 3.05) is 18.0 Å². The number of fused-ring (bicyclic) bond motifs is 2. The van der Waals surface area contributed by atoms with Crippen molar-refractivity contribution in [2.45, 2.75) is 12.8 Å². The van der Waals surface area contributed by atoms with Crippen LogP contribution < -0.4 is 16.1 Å². The first-order valence-corrected chi connectivity index (χ1v) is 9.11. The molecule has 0 radical (unpaired) electrons. The van der Waals surface area contributed by atoms with Crippen LogP contribution in [0.25, 0.3) is 28.0 Å². The van der Waals surface area contributed by atoms with Crippen molar-refractivity contribution >= 4 is 16.6 Å². The van der Waals surface area contributed by atoms with Crippen LogP contribution in [0.1, 0.15) is 12.8 Å². The molecule has 5 rings (SSSR count). The van der Waals surface area contributed by atoms with Gasteiger partial charge in [0, 0.05) is 24.5 Å². The van der Waals surface area contributed by atoms with Crippen LogP contribution in [0.2, 0.25) is 0 Å². The number of rotatable bonds is 2. The monoisotopic (exact) mass is 358 g/mol. The van der Waals surface area contributed by atoms with E-state index in [4.69, 9.17) is 0 Å². The highest BCUT2D eigenvalue weighted by Gasteiger charge is 2.18. The van der Waals surface area contributed by atoms with Crippen LogP contribution in [-0.4, -0.2) is 27.6 Å². The number of H-pyrrole nitrogens is 1. The molecule has 1 N–H and O–H groups in total. The van der Waals surface area contributed by atoms with Crippen molar-refractivity contribution < 1.29 is 0 Å². The van der Waals surface area contributed by atoms with E-state index < -0.39 is 11.2 Å². The van der Waals surface area contributed by atoms with Gasteiger partial charge in [0.15, 0.2) is 5.82 Å². The topological polar surface area (TPSA) is 71.0 Å². The van der Waals surface area contributed by atoms with Gasteiger partial charge in [-0.25, -0.2) is 4.79 Å². The Labute approximate surface area is 155 Å². The van der Waals surface area contributed by atoms with E-state index in [1.807, 2.05) is 41.0 Å². The van der Waals surface area contributed by atoms with Crippen LogP contribution >= 0.6 is 0 Å². The van der Waals surface area contributed by atoms with Gasteiger partial charge >= 0.3 is 5.69 Å². The summed E-state index contributed by atoms with van der Waals surface area (Å²) in [5.41, 5.74) is 2.31. The van der Waals surface area contributed by atoms with Crippen LogP contribution in [0.15, 0.2) is 64.2 Å². The molecule has 2 aromatic carbocycles. The summed E-state index contributed by atoms with van der Waals surface area (Å²) in [6, 6.07) is 17.8. The zero-order chi connectivity index (χ0) is 18.4. The summed E-state index contributed by atoms with van der Waals surface area (Å²) in [6.45, 7) is 2.17. The molecule has 6 heteroatoms. The summed E-state index contributed by atoms with van der Waals surface area (Å²) in [7, 11) is 0. The van der Waals surface area contributed by atoms with Crippen molar-refractivity contribution in [1.29, 1.82) is 0 Å². The molecular formula is C21H18N4O2. The third-order valence-corrected chi connectivity index (χ3v) is 5.18. The van der Waals surface area contributed by atoms with Gasteiger partial charge in [-0.2, -0.15) is 4.98 Å². The molecule has 0 amide bonds. The quantitative estimate of drug-likeness (QED) is 0.560. The van der Waals surface area contributed by atoms with Crippen molar-refractivity contribution in [2.24, 2.45) is 0 Å². The molecule has 0 bridgehead atoms. The lowest BCUT2D eigenvalue weighted by Crippen LogP contribution is -2.27. The Morgan fingerprint density at radius 2 is 1.59 bits per heavy atom. The zero-order valence-electron chi connectivity index (χ0n) is 14.7. The average molecular weight is 358 g/mol. The predicted octanol–water partition coefficient (Wildman–Crippen LogP) is 2.78. The fraction of sp³-hybridized carbons (Fsp3) is 0.190. The Morgan fingerprint density at radius 3 is 2.37 bits per heavy atom. The summed E-state index contributed by atoms with van der Waals surface area (Å²) in [4.78, 5) is 32.9. The second kappa shape index (κ2) is 6.09. The molecule has 134 valence electrons. The number of anilines is 1. The van der Waals surface area contributed by atoms with Gasteiger partial charge in [-0.1, -0.05) is 18.2 Å². The largest absolute Gasteiger partial charge is 0.372 e. The van der Waals surface area contributed by atoms with E-state index in [9.17, 15) is 9.59 Å². The normalized spacial score (nSPS) is 14.3. The molecule has 0 aliphatic carbocycles. The second-order valence-electron chi connectivity index (χ2n) is 6.86. The van der Waals surface area contributed by atoms with E-state index >= 15 is 0 Å². The van der Waals surface area contributed by atoms with Crippen molar-refractivity contribution in [3.8, 4) is 17.1 Å². The average Bonchev–Trinajstić information content (AvgIpc) is 3.21. The van der Waals surface area contributed by atoms with E-state index in [-0.39, 0.29) is 0 Å². The van der Waals surface area contributed by atoms with E-state index in [0.717, 1.165) is 29.7 Å². The minimum absolute atomic E-state index is 0.372. The molecule has 0 atom stereocenters. The standard InChI is InChI=1S/C21H18N4O2/c26-20-17-13-14-5-1-2-6-18(14)25(19(17)22-21(27)23-20)16-9-7-15(8-10-16)24-11-3-4-12-24/h1-2,5-10,13H,3-4,11-12H2,(H,23,26,27). The highest BCUT2D eigenvalue weighted by molar-refractivity contribution is 5.87. The molecule has 0 saturated carbocycles. The predicted molar refractivity (Wildman–Crippen MR) is 106 cm³/mol. The Morgan fingerprint density at radius 1 is 0.889 bits per heavy atom. The molecule has 0 aromatic heterocycles. The highest BCUT2D eigenvalue weighted by Crippen LogP contribution is 2.29. The lowest BCUT2D eigenvalue weighted by Gasteiger charge is -2.20. The number of nitrogens with zero attached hydrogens (tertiary/aromatic N) is 3. The first-order chi connectivity index (χ1) is 13.2. The van der Waals surface area contributed by atoms with Gasteiger partial charge in [-0.15, -0.1) is 0 Å². The maximum Gasteiger partial charge on any atom is 0.349 e. The van der Waals surface area contributed by atoms with Crippen LogP contribution in [0.4, 0.5) is 5.69 Å². The number of aromatic nitrogens is 3. The second-order valence-corrected chi connectivity index (χ2v) is 6.86. The van der Waals surface area contributed by atoms with E-state index in [2.05, 4.69) is 27.0 Å². The minimum atomic E-state index is -0.634. The molecular weight excluding hydrogens is 340 g/mol. The van der Waals surface area contributed by atoms with E-state index in [1.54, 1.807) is 6.07 Å². The van der Waals surface area contributed by atoms with Crippen LogP contribution in [-0.2, 0) is 0 Å². The first-order valence-electron chi connectivity index (χ1n) is 9.11. The molecule has 1 saturated heterocycles. The van der Waals surface area contributed by atoms with Crippen molar-refractivity contribution in [3.05, 3.63) is 75.4 Å². The molecule has 0 unspecified atom stereocenters. The van der Waals surface area contributed by atoms with Gasteiger partial charge in [-0.3, -0.25) is 14.3 Å². The van der Waals surface area contributed by atoms with Gasteiger partial charge in [0.05, 0.1) is 11.1 Å². The van der Waals surface area contributed by atoms with Crippen LogP contribution in [0.3, 0.4) is 0 Å². The first kappa shape index (κ1) is 15.8. The number of para-hydroxylation sites is 1. The van der Waals surface area contributed by atoms with Crippen molar-refractivity contribution in [1.82, 2.24) is 14.5 Å². The highest BCUT2D eigenvalue weighted by atomic mass is 16.2. The van der Waals surface area contributed by atoms with E-state index in [0.29, 0.717) is 11.4 Å². The summed E-state index contributed by atoms with van der Waals surface area (Å²) in [5, 5.41) is 0.916. The third kappa shape index (κ3) is 2.61. The fourth-order valence-electron chi connectivity index (χ4n) is 3.88. The number of hydrogen-bond acceptors (Lipinski definition) is 4. The van der Waals surface area contributed by atoms with Gasteiger partial charge in [-0.05, 0) is 54.6 Å². The number of pyridine rings is 1. The summed E-state index contributed by atoms with van der Waals surface area (Å²) in [5.74, 6) is 0.372. The number of benzene rings is 2. The molecule has 27 heavy (non-hydrogen) atoms. The Balaban J connectivity index is 1.77. The summed E-state index contributed by atoms with van der Waals surface area (Å²) in [6.07, 6.45) is 2.45. The zero-order valence-corrected chi connectivity index (χ0v) is 14.7. The number of hydrogen-bond donors (Lipinski definition) is 1. The molecule has 3 aliphatic rings. The summed E-state index contributed by atoms with van der Waals surface area (Å²) < 4.78 is 1.88. The smallest absolute Gasteiger partial charge is 0.349 e. The lowest BCUT2D eigenvalue weighted by molar-refractivity contribution is 0.949. The Kier molecular flexibility index (Phi) is 3.57. The molecule has 2 aromatic rings. The maximum absolute atomic E-state index is 12.3. The maximum atomic E-state index is 12.3. The molecule has 3 heterocycles. The molecule has 1 fully saturated rings. The van der Waals surface area contributed by atoms with Crippen molar-refractivity contribution in [3.63, 3.8) is 0 Å². The Hall–Kier alpha value is -3.41. The lowest BCUT2D eigenvalue weighted by atomic mass is 10.1. The number of nitrogens with one attached hydrogen (secondary N) is 1. The van der Waals surface area contributed by atoms with Crippen LogP contribution in [0.5, 0.6) is 0 Å². The summed E-state index contributed by atoms with van der Waals surface area (Å²) >= 11 is 0. The molecule has 6 nitrogen and oxygen atoms in total. The third-order valence-electron chi connectivity index (χ3n) is 5.18. The van der Waals surface area contributed by atoms with Gasteiger partial charge < -0.3 is 4.90 Å².